The summed E-state index contributed by atoms with van der Waals surface area (Å²) in [4.78, 5) is 38.7. The van der Waals surface area contributed by atoms with Crippen LogP contribution in [0.1, 0.15) is 78.9 Å². The molecule has 9 heteroatoms. The van der Waals surface area contributed by atoms with E-state index in [1.54, 1.807) is 19.2 Å². The summed E-state index contributed by atoms with van der Waals surface area (Å²) in [5, 5.41) is 6.29. The molecule has 3 aliphatic rings. The smallest absolute Gasteiger partial charge is 0.272 e. The maximum atomic E-state index is 13.5. The van der Waals surface area contributed by atoms with E-state index < -0.39 is 0 Å². The first-order valence-corrected chi connectivity index (χ1v) is 15.0. The van der Waals surface area contributed by atoms with Gasteiger partial charge in [-0.25, -0.2) is 14.4 Å². The van der Waals surface area contributed by atoms with Crippen LogP contribution in [-0.2, 0) is 4.79 Å². The fourth-order valence-corrected chi connectivity index (χ4v) is 6.91. The van der Waals surface area contributed by atoms with Crippen molar-refractivity contribution in [2.75, 3.05) is 45.1 Å². The number of rotatable bonds is 7. The van der Waals surface area contributed by atoms with Crippen molar-refractivity contribution in [1.82, 2.24) is 25.1 Å². The molecule has 1 aromatic carbocycles. The number of halogens is 1. The molecule has 2 aromatic rings. The summed E-state index contributed by atoms with van der Waals surface area (Å²) in [5.74, 6) is 1.76. The second-order valence-electron chi connectivity index (χ2n) is 11.8. The number of piperidine rings is 2. The minimum atomic E-state index is -0.189. The van der Waals surface area contributed by atoms with Gasteiger partial charge in [0.1, 0.15) is 23.7 Å². The highest BCUT2D eigenvalue weighted by molar-refractivity contribution is 5.94. The molecule has 2 saturated heterocycles. The first kappa shape index (κ1) is 28.5. The van der Waals surface area contributed by atoms with Crippen molar-refractivity contribution in [3.63, 3.8) is 0 Å². The van der Waals surface area contributed by atoms with Crippen molar-refractivity contribution < 1.29 is 14.0 Å². The van der Waals surface area contributed by atoms with Gasteiger partial charge in [0.2, 0.25) is 5.91 Å². The number of amides is 2. The van der Waals surface area contributed by atoms with Gasteiger partial charge >= 0.3 is 0 Å². The van der Waals surface area contributed by atoms with Crippen LogP contribution in [0.15, 0.2) is 30.6 Å². The van der Waals surface area contributed by atoms with Crippen molar-refractivity contribution >= 4 is 17.6 Å². The summed E-state index contributed by atoms with van der Waals surface area (Å²) in [7, 11) is 1.71. The standard InChI is InChI=1S/C31H43FN6O2/c1-21-28(31(40)38-16-12-27(13-17-38)37-14-10-24(11-15-37)30(39)33-2)35-20-36-29(21)34-19-22-4-3-5-25(18-22)23-6-8-26(32)9-7-23/h6-9,20,22,24-25,27H,3-5,10-19H2,1-2H3,(H,33,39)(H,34,35,36). The molecule has 3 fully saturated rings. The van der Waals surface area contributed by atoms with Gasteiger partial charge in [-0.05, 0) is 94.5 Å². The summed E-state index contributed by atoms with van der Waals surface area (Å²) in [6.45, 7) is 6.06. The average Bonchev–Trinajstić information content (AvgIpc) is 3.00. The summed E-state index contributed by atoms with van der Waals surface area (Å²) in [6, 6.07) is 7.41. The maximum absolute atomic E-state index is 13.5. The van der Waals surface area contributed by atoms with Crippen LogP contribution in [-0.4, -0.2) is 77.4 Å². The lowest BCUT2D eigenvalue weighted by Crippen LogP contribution is -2.50. The minimum Gasteiger partial charge on any atom is -0.369 e. The van der Waals surface area contributed by atoms with Gasteiger partial charge in [0.15, 0.2) is 0 Å². The second-order valence-corrected chi connectivity index (χ2v) is 11.8. The third kappa shape index (κ3) is 6.62. The topological polar surface area (TPSA) is 90.5 Å². The lowest BCUT2D eigenvalue weighted by atomic mass is 9.78. The predicted octanol–water partition coefficient (Wildman–Crippen LogP) is 4.37. The number of hydrogen-bond donors (Lipinski definition) is 2. The molecule has 0 spiro atoms. The number of carbonyl (C=O) groups is 2. The Morgan fingerprint density at radius 1 is 0.975 bits per heavy atom. The zero-order valence-electron chi connectivity index (χ0n) is 23.9. The van der Waals surface area contributed by atoms with Crippen molar-refractivity contribution in [2.24, 2.45) is 11.8 Å². The Bertz CT molecular complexity index is 1160. The molecule has 0 bridgehead atoms. The Morgan fingerprint density at radius 2 is 1.70 bits per heavy atom. The van der Waals surface area contributed by atoms with Crippen molar-refractivity contribution in [2.45, 2.75) is 70.3 Å². The van der Waals surface area contributed by atoms with E-state index in [-0.39, 0.29) is 23.5 Å². The number of hydrogen-bond acceptors (Lipinski definition) is 6. The summed E-state index contributed by atoms with van der Waals surface area (Å²) in [6.07, 6.45) is 9.71. The molecule has 2 N–H and O–H groups in total. The number of aromatic nitrogens is 2. The first-order valence-electron chi connectivity index (χ1n) is 15.0. The number of carbonyl (C=O) groups excluding carboxylic acids is 2. The Balaban J connectivity index is 1.12. The van der Waals surface area contributed by atoms with Gasteiger partial charge in [0.05, 0.1) is 0 Å². The zero-order valence-corrected chi connectivity index (χ0v) is 23.9. The molecule has 2 atom stereocenters. The predicted molar refractivity (Wildman–Crippen MR) is 154 cm³/mol. The number of nitrogens with one attached hydrogen (secondary N) is 2. The van der Waals surface area contributed by atoms with Gasteiger partial charge in [-0.1, -0.05) is 18.6 Å². The van der Waals surface area contributed by atoms with Crippen LogP contribution in [0.25, 0.3) is 0 Å². The van der Waals surface area contributed by atoms with E-state index >= 15 is 0 Å². The lowest BCUT2D eigenvalue weighted by molar-refractivity contribution is -0.126. The Morgan fingerprint density at radius 3 is 2.40 bits per heavy atom. The number of anilines is 1. The second kappa shape index (κ2) is 13.1. The average molecular weight is 551 g/mol. The molecule has 2 unspecified atom stereocenters. The van der Waals surface area contributed by atoms with E-state index in [9.17, 15) is 14.0 Å². The molecule has 40 heavy (non-hydrogen) atoms. The fraction of sp³-hybridized carbons (Fsp3) is 0.613. The Labute approximate surface area is 237 Å². The molecule has 2 aliphatic heterocycles. The van der Waals surface area contributed by atoms with Gasteiger partial charge in [-0.3, -0.25) is 9.59 Å². The van der Waals surface area contributed by atoms with E-state index in [2.05, 4.69) is 25.5 Å². The van der Waals surface area contributed by atoms with Gasteiger partial charge in [0.25, 0.3) is 5.91 Å². The number of nitrogens with zero attached hydrogens (tertiary/aromatic N) is 4. The van der Waals surface area contributed by atoms with Gasteiger partial charge in [-0.15, -0.1) is 0 Å². The quantitative estimate of drug-likeness (QED) is 0.532. The monoisotopic (exact) mass is 550 g/mol. The maximum Gasteiger partial charge on any atom is 0.272 e. The highest BCUT2D eigenvalue weighted by atomic mass is 19.1. The normalized spacial score (nSPS) is 23.1. The molecule has 8 nitrogen and oxygen atoms in total. The van der Waals surface area contributed by atoms with Crippen LogP contribution < -0.4 is 10.6 Å². The third-order valence-electron chi connectivity index (χ3n) is 9.38. The van der Waals surface area contributed by atoms with Crippen LogP contribution in [0.2, 0.25) is 0 Å². The van der Waals surface area contributed by atoms with Crippen LogP contribution in [0.3, 0.4) is 0 Å². The fourth-order valence-electron chi connectivity index (χ4n) is 6.91. The van der Waals surface area contributed by atoms with Gasteiger partial charge < -0.3 is 20.4 Å². The largest absolute Gasteiger partial charge is 0.369 e. The van der Waals surface area contributed by atoms with Crippen LogP contribution in [0.4, 0.5) is 10.2 Å². The van der Waals surface area contributed by atoms with Crippen LogP contribution >= 0.6 is 0 Å². The summed E-state index contributed by atoms with van der Waals surface area (Å²) in [5.41, 5.74) is 2.50. The van der Waals surface area contributed by atoms with Gasteiger partial charge in [0, 0.05) is 44.2 Å². The molecular formula is C31H43FN6O2. The van der Waals surface area contributed by atoms with Crippen LogP contribution in [0.5, 0.6) is 0 Å². The molecule has 5 rings (SSSR count). The first-order chi connectivity index (χ1) is 19.4. The van der Waals surface area contributed by atoms with Crippen molar-refractivity contribution in [3.8, 4) is 0 Å². The molecule has 216 valence electrons. The SMILES string of the molecule is CNC(=O)C1CCN(C2CCN(C(=O)c3ncnc(NCC4CCCC(c5ccc(F)cc5)C4)c3C)CC2)CC1. The van der Waals surface area contributed by atoms with Crippen molar-refractivity contribution in [1.29, 1.82) is 0 Å². The zero-order chi connectivity index (χ0) is 28.1. The van der Waals surface area contributed by atoms with Crippen molar-refractivity contribution in [3.05, 3.63) is 53.2 Å². The van der Waals surface area contributed by atoms with E-state index in [0.29, 0.717) is 23.6 Å². The molecule has 1 saturated carbocycles. The highest BCUT2D eigenvalue weighted by Crippen LogP contribution is 2.36. The third-order valence-corrected chi connectivity index (χ3v) is 9.38. The molecule has 1 aliphatic carbocycles. The number of likely N-dealkylation sites (tertiary alicyclic amines) is 2. The highest BCUT2D eigenvalue weighted by Gasteiger charge is 2.32. The van der Waals surface area contributed by atoms with E-state index in [1.807, 2.05) is 24.0 Å². The Hall–Kier alpha value is -3.07. The molecule has 1 aromatic heterocycles. The van der Waals surface area contributed by atoms with E-state index in [4.69, 9.17) is 0 Å². The number of benzene rings is 1. The molecular weight excluding hydrogens is 507 g/mol. The lowest BCUT2D eigenvalue weighted by Gasteiger charge is -2.41. The molecule has 3 heterocycles. The minimum absolute atomic E-state index is 0.0197. The molecule has 2 amide bonds. The molecule has 0 radical (unpaired) electrons. The summed E-state index contributed by atoms with van der Waals surface area (Å²) >= 11 is 0. The summed E-state index contributed by atoms with van der Waals surface area (Å²) < 4.78 is 13.4. The van der Waals surface area contributed by atoms with E-state index in [0.717, 1.165) is 95.5 Å². The van der Waals surface area contributed by atoms with Gasteiger partial charge in [-0.2, -0.15) is 0 Å². The Kier molecular flexibility index (Phi) is 9.29. The van der Waals surface area contributed by atoms with E-state index in [1.165, 1.54) is 11.9 Å². The van der Waals surface area contributed by atoms with Crippen LogP contribution in [0, 0.1) is 24.6 Å².